The second-order valence-electron chi connectivity index (χ2n) is 17.1. The maximum absolute atomic E-state index is 13.0. The Balaban J connectivity index is 1.08. The molecular formula is C54H66Cl2N4O6+2. The molecule has 0 saturated carbocycles. The monoisotopic (exact) mass is 936 g/mol. The van der Waals surface area contributed by atoms with Crippen LogP contribution >= 0.6 is 23.2 Å². The molecule has 0 radical (unpaired) electrons. The van der Waals surface area contributed by atoms with Gasteiger partial charge in [0.1, 0.15) is 38.8 Å². The molecule has 0 fully saturated rings. The third kappa shape index (κ3) is 10.5. The number of carbonyl (C=O) groups is 2. The van der Waals surface area contributed by atoms with E-state index in [0.29, 0.717) is 21.5 Å². The first kappa shape index (κ1) is 49.8. The zero-order valence-electron chi connectivity index (χ0n) is 40.3. The van der Waals surface area contributed by atoms with Gasteiger partial charge in [0.05, 0.1) is 10.8 Å². The summed E-state index contributed by atoms with van der Waals surface area (Å²) in [5, 5.41) is 1.43. The molecule has 6 rings (SSSR count). The molecule has 2 aliphatic rings. The maximum Gasteiger partial charge on any atom is 0.344 e. The number of rotatable bonds is 21. The molecule has 0 bridgehead atoms. The minimum absolute atomic E-state index is 0.133. The minimum Gasteiger partial charge on any atom is -0.481 e. The van der Waals surface area contributed by atoms with Crippen molar-refractivity contribution in [2.24, 2.45) is 0 Å². The van der Waals surface area contributed by atoms with E-state index in [1.807, 2.05) is 48.6 Å². The summed E-state index contributed by atoms with van der Waals surface area (Å²) in [5.74, 6) is -0.0542. The summed E-state index contributed by atoms with van der Waals surface area (Å²) in [6.07, 6.45) is 10.1. The Bertz CT molecular complexity index is 2380. The topological polar surface area (TPSA) is 83.6 Å². The fourth-order valence-corrected chi connectivity index (χ4v) is 9.59. The molecule has 12 heteroatoms. The first-order chi connectivity index (χ1) is 31.6. The number of esters is 2. The quantitative estimate of drug-likeness (QED) is 0.0464. The van der Waals surface area contributed by atoms with Crippen LogP contribution in [0.2, 0.25) is 10.0 Å². The molecule has 10 nitrogen and oxygen atoms in total. The second kappa shape index (κ2) is 21.8. The zero-order chi connectivity index (χ0) is 47.8. The second-order valence-corrected chi connectivity index (χ2v) is 17.9. The van der Waals surface area contributed by atoms with Gasteiger partial charge in [-0.05, 0) is 115 Å². The smallest absolute Gasteiger partial charge is 0.344 e. The lowest BCUT2D eigenvalue weighted by Gasteiger charge is -2.22. The Labute approximate surface area is 401 Å². The van der Waals surface area contributed by atoms with E-state index in [1.54, 1.807) is 0 Å². The summed E-state index contributed by atoms with van der Waals surface area (Å²) >= 11 is 12.9. The molecule has 0 amide bonds. The number of allylic oxidation sites excluding steroid dienone is 2. The predicted molar refractivity (Wildman–Crippen MR) is 271 cm³/mol. The van der Waals surface area contributed by atoms with E-state index < -0.39 is 11.9 Å². The van der Waals surface area contributed by atoms with Gasteiger partial charge in [0, 0.05) is 106 Å². The van der Waals surface area contributed by atoms with Crippen LogP contribution in [0.5, 0.6) is 11.5 Å². The Hall–Kier alpha value is -5.58. The molecule has 66 heavy (non-hydrogen) atoms. The SMILES string of the molecule is CCN(CC)c1ccc(/C=C/C2=[N+](C)c3ccc(Cl)cc3C2(C)CC)c(OCC(=O)OCCOC(=O)COc2cc(N(CC)CC)ccc2/C=C/C2=[N+](C)c3ccc(Cl)cc3C2(C)CC)c1. The van der Waals surface area contributed by atoms with Crippen molar-refractivity contribution in [1.82, 2.24) is 0 Å². The molecule has 0 saturated heterocycles. The lowest BCUT2D eigenvalue weighted by molar-refractivity contribution is -0.401. The van der Waals surface area contributed by atoms with E-state index in [2.05, 4.69) is 137 Å². The highest BCUT2D eigenvalue weighted by Gasteiger charge is 2.46. The number of halogens is 2. The van der Waals surface area contributed by atoms with Crippen molar-refractivity contribution < 1.29 is 37.7 Å². The Morgan fingerprint density at radius 1 is 0.561 bits per heavy atom. The summed E-state index contributed by atoms with van der Waals surface area (Å²) in [6, 6.07) is 24.2. The summed E-state index contributed by atoms with van der Waals surface area (Å²) in [6.45, 7) is 19.6. The number of hydrogen-bond acceptors (Lipinski definition) is 8. The normalized spacial score (nSPS) is 17.7. The van der Waals surface area contributed by atoms with Gasteiger partial charge in [0.25, 0.3) is 0 Å². The van der Waals surface area contributed by atoms with Crippen LogP contribution in [0.3, 0.4) is 0 Å². The Kier molecular flexibility index (Phi) is 16.5. The van der Waals surface area contributed by atoms with Crippen LogP contribution in [-0.2, 0) is 29.9 Å². The first-order valence-electron chi connectivity index (χ1n) is 23.2. The lowest BCUT2D eigenvalue weighted by Crippen LogP contribution is -2.29. The molecule has 4 aromatic rings. The maximum atomic E-state index is 13.0. The third-order valence-corrected chi connectivity index (χ3v) is 14.0. The largest absolute Gasteiger partial charge is 0.481 e. The summed E-state index contributed by atoms with van der Waals surface area (Å²) in [5.41, 5.74) is 10.0. The number of hydrogen-bond donors (Lipinski definition) is 0. The summed E-state index contributed by atoms with van der Waals surface area (Å²) in [7, 11) is 4.15. The molecule has 2 atom stereocenters. The Morgan fingerprint density at radius 2 is 0.939 bits per heavy atom. The van der Waals surface area contributed by atoms with Gasteiger partial charge in [-0.3, -0.25) is 0 Å². The van der Waals surface area contributed by atoms with Crippen molar-refractivity contribution in [1.29, 1.82) is 0 Å². The van der Waals surface area contributed by atoms with Crippen LogP contribution in [-0.4, -0.2) is 99.2 Å². The number of fused-ring (bicyclic) bond motifs is 2. The van der Waals surface area contributed by atoms with Crippen LogP contribution in [0.15, 0.2) is 84.9 Å². The number of nitrogens with zero attached hydrogens (tertiary/aromatic N) is 4. The highest BCUT2D eigenvalue weighted by atomic mass is 35.5. The number of ether oxygens (including phenoxy) is 4. The molecule has 0 aromatic heterocycles. The van der Waals surface area contributed by atoms with E-state index in [9.17, 15) is 9.59 Å². The average Bonchev–Trinajstić information content (AvgIpc) is 3.66. The van der Waals surface area contributed by atoms with Crippen LogP contribution in [0.25, 0.3) is 12.2 Å². The Morgan fingerprint density at radius 3 is 1.29 bits per heavy atom. The molecule has 0 aliphatic carbocycles. The van der Waals surface area contributed by atoms with Crippen molar-refractivity contribution in [2.75, 3.05) is 76.5 Å². The van der Waals surface area contributed by atoms with Gasteiger partial charge < -0.3 is 28.7 Å². The zero-order valence-corrected chi connectivity index (χ0v) is 41.8. The van der Waals surface area contributed by atoms with Gasteiger partial charge in [-0.1, -0.05) is 37.0 Å². The predicted octanol–water partition coefficient (Wildman–Crippen LogP) is 11.4. The van der Waals surface area contributed by atoms with E-state index >= 15 is 0 Å². The lowest BCUT2D eigenvalue weighted by atomic mass is 9.77. The van der Waals surface area contributed by atoms with Gasteiger partial charge in [-0.15, -0.1) is 0 Å². The molecule has 2 heterocycles. The van der Waals surface area contributed by atoms with Gasteiger partial charge >= 0.3 is 11.9 Å². The average molecular weight is 938 g/mol. The van der Waals surface area contributed by atoms with Crippen LogP contribution < -0.4 is 19.3 Å². The van der Waals surface area contributed by atoms with Crippen LogP contribution in [0.4, 0.5) is 22.7 Å². The van der Waals surface area contributed by atoms with Crippen molar-refractivity contribution >= 4 is 81.5 Å². The van der Waals surface area contributed by atoms with Crippen LogP contribution in [0, 0.1) is 0 Å². The number of carbonyl (C=O) groups excluding carboxylic acids is 2. The third-order valence-electron chi connectivity index (χ3n) is 13.5. The summed E-state index contributed by atoms with van der Waals surface area (Å²) in [4.78, 5) is 30.5. The van der Waals surface area contributed by atoms with Gasteiger partial charge in [-0.2, -0.15) is 9.15 Å². The van der Waals surface area contributed by atoms with E-state index in [-0.39, 0.29) is 37.3 Å². The van der Waals surface area contributed by atoms with Crippen molar-refractivity contribution in [3.05, 3.63) is 117 Å². The molecule has 0 N–H and O–H groups in total. The van der Waals surface area contributed by atoms with E-state index in [1.165, 1.54) is 11.1 Å². The fourth-order valence-electron chi connectivity index (χ4n) is 9.24. The minimum atomic E-state index is -0.581. The summed E-state index contributed by atoms with van der Waals surface area (Å²) < 4.78 is 27.6. The molecule has 4 aromatic carbocycles. The van der Waals surface area contributed by atoms with Gasteiger partial charge in [0.2, 0.25) is 11.4 Å². The van der Waals surface area contributed by atoms with Crippen molar-refractivity contribution in [3.8, 4) is 11.5 Å². The standard InChI is InChI=1S/C54H66Cl2N4O6/c1-11-53(7)43-31-39(55)21-25-45(43)57(9)49(53)27-19-37-17-23-41(59(13-3)14-4)33-47(37)65-35-51(61)63-29-30-64-52(62)36-66-48-34-42(60(15-5)16-6)24-18-38(48)20-28-50-54(8,12-2)44-32-40(56)22-26-46(44)58(50)10/h17-28,31-34H,11-16,29-30,35-36H2,1-10H3/q+2. The first-order valence-corrected chi connectivity index (χ1v) is 23.9. The van der Waals surface area contributed by atoms with E-state index in [4.69, 9.17) is 42.1 Å². The van der Waals surface area contributed by atoms with Gasteiger partial charge in [-0.25, -0.2) is 9.59 Å². The molecule has 350 valence electrons. The molecule has 2 aliphatic heterocycles. The highest BCUT2D eigenvalue weighted by molar-refractivity contribution is 6.31. The number of benzene rings is 4. The molecule has 2 unspecified atom stereocenters. The van der Waals surface area contributed by atoms with Crippen molar-refractivity contribution in [3.63, 3.8) is 0 Å². The molecular weight excluding hydrogens is 872 g/mol. The highest BCUT2D eigenvalue weighted by Crippen LogP contribution is 2.45. The van der Waals surface area contributed by atoms with Crippen LogP contribution in [0.1, 0.15) is 90.5 Å². The van der Waals surface area contributed by atoms with Crippen molar-refractivity contribution in [2.45, 2.75) is 79.1 Å². The fraction of sp³-hybridized carbons (Fsp3) is 0.407. The van der Waals surface area contributed by atoms with E-state index in [0.717, 1.165) is 84.3 Å². The number of anilines is 2. The van der Waals surface area contributed by atoms with Gasteiger partial charge in [0.15, 0.2) is 24.6 Å². The molecule has 0 spiro atoms.